The van der Waals surface area contributed by atoms with Crippen molar-refractivity contribution in [2.75, 3.05) is 18.5 Å². The van der Waals surface area contributed by atoms with E-state index in [-0.39, 0.29) is 5.41 Å². The van der Waals surface area contributed by atoms with Crippen molar-refractivity contribution >= 4 is 17.5 Å². The Kier molecular flexibility index (Phi) is 3.79. The molecule has 1 aromatic rings. The van der Waals surface area contributed by atoms with Gasteiger partial charge in [0.2, 0.25) is 0 Å². The largest absolute Gasteiger partial charge is 0.374 e. The highest BCUT2D eigenvalue weighted by atomic mass is 16.1. The van der Waals surface area contributed by atoms with Crippen LogP contribution in [0.4, 0.5) is 5.69 Å². The van der Waals surface area contributed by atoms with E-state index in [0.29, 0.717) is 0 Å². The molecular weight excluding hydrogens is 234 g/mol. The van der Waals surface area contributed by atoms with E-state index in [0.717, 1.165) is 24.0 Å². The van der Waals surface area contributed by atoms with Crippen LogP contribution in [0.15, 0.2) is 24.3 Å². The van der Waals surface area contributed by atoms with Crippen LogP contribution in [0.2, 0.25) is 0 Å². The van der Waals surface area contributed by atoms with Gasteiger partial charge in [0.25, 0.3) is 0 Å². The topological polar surface area (TPSA) is 20.3 Å². The number of hydrogen-bond acceptors (Lipinski definition) is 2. The molecule has 1 aromatic carbocycles. The van der Waals surface area contributed by atoms with Gasteiger partial charge in [-0.1, -0.05) is 19.9 Å². The fourth-order valence-electron chi connectivity index (χ4n) is 2.87. The second kappa shape index (κ2) is 5.20. The second-order valence-electron chi connectivity index (χ2n) is 6.13. The minimum atomic E-state index is 0.192. The first-order valence-electron chi connectivity index (χ1n) is 6.94. The average Bonchev–Trinajstić information content (AvgIpc) is 2.48. The number of aldehydes is 1. The lowest BCUT2D eigenvalue weighted by atomic mass is 9.79. The zero-order valence-corrected chi connectivity index (χ0v) is 12.4. The highest BCUT2D eigenvalue weighted by Gasteiger charge is 2.27. The number of benzene rings is 1. The number of hydrogen-bond donors (Lipinski definition) is 0. The Balaban J connectivity index is 2.55. The molecular formula is C17H23NO. The predicted molar refractivity (Wildman–Crippen MR) is 81.7 cm³/mol. The molecule has 0 unspecified atom stereocenters. The monoisotopic (exact) mass is 257 g/mol. The zero-order chi connectivity index (χ0) is 14.0. The number of carbonyl (C=O) groups is 1. The first-order chi connectivity index (χ1) is 8.95. The summed E-state index contributed by atoms with van der Waals surface area (Å²) in [6.45, 7) is 7.73. The summed E-state index contributed by atoms with van der Waals surface area (Å²) in [6, 6.07) is 6.57. The summed E-state index contributed by atoms with van der Waals surface area (Å²) in [6.07, 6.45) is 4.91. The molecule has 0 atom stereocenters. The third kappa shape index (κ3) is 2.73. The molecule has 1 aliphatic rings. The molecule has 1 aliphatic heterocycles. The normalized spacial score (nSPS) is 18.7. The van der Waals surface area contributed by atoms with Gasteiger partial charge in [-0.2, -0.15) is 0 Å². The van der Waals surface area contributed by atoms with E-state index in [2.05, 4.69) is 44.0 Å². The summed E-state index contributed by atoms with van der Waals surface area (Å²) in [5.74, 6) is 0. The van der Waals surface area contributed by atoms with Crippen molar-refractivity contribution in [1.82, 2.24) is 0 Å². The molecule has 0 fully saturated rings. The van der Waals surface area contributed by atoms with Crippen LogP contribution < -0.4 is 4.90 Å². The summed E-state index contributed by atoms with van der Waals surface area (Å²) in [4.78, 5) is 13.0. The van der Waals surface area contributed by atoms with Crippen molar-refractivity contribution in [3.63, 3.8) is 0 Å². The lowest BCUT2D eigenvalue weighted by Gasteiger charge is -2.27. The van der Waals surface area contributed by atoms with Crippen molar-refractivity contribution in [2.45, 2.75) is 39.0 Å². The van der Waals surface area contributed by atoms with Crippen LogP contribution in [0.5, 0.6) is 0 Å². The van der Waals surface area contributed by atoms with Crippen LogP contribution in [0, 0.1) is 0 Å². The van der Waals surface area contributed by atoms with Crippen LogP contribution in [0.1, 0.15) is 44.7 Å². The van der Waals surface area contributed by atoms with E-state index in [9.17, 15) is 4.79 Å². The van der Waals surface area contributed by atoms with Crippen molar-refractivity contribution in [3.05, 3.63) is 35.4 Å². The van der Waals surface area contributed by atoms with E-state index in [1.807, 2.05) is 6.92 Å². The smallest absolute Gasteiger partial charge is 0.143 e. The molecule has 0 spiro atoms. The Morgan fingerprint density at radius 1 is 1.37 bits per heavy atom. The molecule has 2 nitrogen and oxygen atoms in total. The number of nitrogens with zero attached hydrogens (tertiary/aromatic N) is 1. The van der Waals surface area contributed by atoms with Gasteiger partial charge in [-0.05, 0) is 60.1 Å². The minimum absolute atomic E-state index is 0.192. The van der Waals surface area contributed by atoms with Crippen LogP contribution in [-0.2, 0) is 10.2 Å². The van der Waals surface area contributed by atoms with Gasteiger partial charge in [0.05, 0.1) is 0 Å². The van der Waals surface area contributed by atoms with Gasteiger partial charge in [0.15, 0.2) is 0 Å². The molecule has 19 heavy (non-hydrogen) atoms. The second-order valence-corrected chi connectivity index (χ2v) is 6.13. The Morgan fingerprint density at radius 2 is 2.11 bits per heavy atom. The van der Waals surface area contributed by atoms with Crippen molar-refractivity contribution in [1.29, 1.82) is 0 Å². The maximum absolute atomic E-state index is 10.6. The fraction of sp³-hybridized carbons (Fsp3) is 0.471. The lowest BCUT2D eigenvalue weighted by molar-refractivity contribution is -0.104. The Hall–Kier alpha value is -1.57. The van der Waals surface area contributed by atoms with Crippen LogP contribution in [0.3, 0.4) is 0 Å². The molecule has 0 bridgehead atoms. The van der Waals surface area contributed by atoms with E-state index in [4.69, 9.17) is 0 Å². The highest BCUT2D eigenvalue weighted by Crippen LogP contribution is 2.39. The third-order valence-corrected chi connectivity index (χ3v) is 4.21. The summed E-state index contributed by atoms with van der Waals surface area (Å²) >= 11 is 0. The maximum atomic E-state index is 10.6. The Labute approximate surface area is 116 Å². The lowest BCUT2D eigenvalue weighted by Crippen LogP contribution is -2.19. The number of carbonyl (C=O) groups excluding carboxylic acids is 1. The van der Waals surface area contributed by atoms with E-state index >= 15 is 0 Å². The molecule has 0 amide bonds. The molecule has 0 radical (unpaired) electrons. The first kappa shape index (κ1) is 13.9. The molecule has 2 heteroatoms. The van der Waals surface area contributed by atoms with Crippen LogP contribution in [-0.4, -0.2) is 19.9 Å². The van der Waals surface area contributed by atoms with Gasteiger partial charge in [-0.15, -0.1) is 0 Å². The number of rotatable bonds is 2. The Morgan fingerprint density at radius 3 is 2.79 bits per heavy atom. The molecule has 0 aliphatic carbocycles. The van der Waals surface area contributed by atoms with Crippen LogP contribution >= 0.6 is 0 Å². The molecule has 0 N–H and O–H groups in total. The van der Waals surface area contributed by atoms with E-state index in [1.54, 1.807) is 6.08 Å². The summed E-state index contributed by atoms with van der Waals surface area (Å²) in [7, 11) is 2.16. The van der Waals surface area contributed by atoms with Gasteiger partial charge in [0, 0.05) is 19.3 Å². The van der Waals surface area contributed by atoms with E-state index < -0.39 is 0 Å². The molecule has 102 valence electrons. The standard InChI is InChI=1S/C17H23NO/c1-13(8-11-19)14-6-7-16-15(12-14)17(2,3)9-5-10-18(16)4/h6-8,11-12H,5,9-10H2,1-4H3/b13-8-. The van der Waals surface area contributed by atoms with Gasteiger partial charge in [-0.25, -0.2) is 0 Å². The minimum Gasteiger partial charge on any atom is -0.374 e. The Bertz CT molecular complexity index is 514. The molecule has 2 rings (SSSR count). The molecule has 0 saturated carbocycles. The predicted octanol–water partition coefficient (Wildman–Crippen LogP) is 3.80. The molecule has 0 aromatic heterocycles. The number of allylic oxidation sites excluding steroid dienone is 2. The molecule has 0 saturated heterocycles. The number of anilines is 1. The van der Waals surface area contributed by atoms with Gasteiger partial charge in [-0.3, -0.25) is 4.79 Å². The van der Waals surface area contributed by atoms with Crippen molar-refractivity contribution in [3.8, 4) is 0 Å². The van der Waals surface area contributed by atoms with Crippen LogP contribution in [0.25, 0.3) is 5.57 Å². The zero-order valence-electron chi connectivity index (χ0n) is 12.4. The maximum Gasteiger partial charge on any atom is 0.143 e. The van der Waals surface area contributed by atoms with E-state index in [1.165, 1.54) is 24.1 Å². The third-order valence-electron chi connectivity index (χ3n) is 4.21. The fourth-order valence-corrected chi connectivity index (χ4v) is 2.87. The summed E-state index contributed by atoms with van der Waals surface area (Å²) in [5, 5.41) is 0. The van der Waals surface area contributed by atoms with Gasteiger partial charge < -0.3 is 4.90 Å². The molecule has 1 heterocycles. The quantitative estimate of drug-likeness (QED) is 0.593. The van der Waals surface area contributed by atoms with Crippen molar-refractivity contribution in [2.24, 2.45) is 0 Å². The average molecular weight is 257 g/mol. The van der Waals surface area contributed by atoms with Gasteiger partial charge >= 0.3 is 0 Å². The number of fused-ring (bicyclic) bond motifs is 1. The first-order valence-corrected chi connectivity index (χ1v) is 6.94. The highest BCUT2D eigenvalue weighted by molar-refractivity contribution is 5.81. The summed E-state index contributed by atoms with van der Waals surface area (Å²) in [5.41, 5.74) is 5.08. The van der Waals surface area contributed by atoms with Gasteiger partial charge in [0.1, 0.15) is 6.29 Å². The SMILES string of the molecule is C/C(=C/C=O)c1ccc2c(c1)C(C)(C)CCCN2C. The van der Waals surface area contributed by atoms with Crippen molar-refractivity contribution < 1.29 is 4.79 Å². The summed E-state index contributed by atoms with van der Waals surface area (Å²) < 4.78 is 0.